The maximum atomic E-state index is 3.47. The molecule has 0 spiro atoms. The smallest absolute Gasteiger partial charge is 0.0210 e. The van der Waals surface area contributed by atoms with Crippen molar-refractivity contribution < 1.29 is 0 Å². The van der Waals surface area contributed by atoms with Gasteiger partial charge in [-0.25, -0.2) is 0 Å². The van der Waals surface area contributed by atoms with E-state index in [0.717, 1.165) is 6.54 Å². The molecule has 15 heavy (non-hydrogen) atoms. The van der Waals surface area contributed by atoms with E-state index in [0.29, 0.717) is 12.0 Å². The molecule has 0 aliphatic carbocycles. The predicted octanol–water partition coefficient (Wildman–Crippen LogP) is 3.62. The van der Waals surface area contributed by atoms with Crippen molar-refractivity contribution in [2.45, 2.75) is 53.1 Å². The molecule has 0 aromatic heterocycles. The summed E-state index contributed by atoms with van der Waals surface area (Å²) >= 11 is 0. The largest absolute Gasteiger partial charge is 0.310 e. The van der Waals surface area contributed by atoms with Crippen molar-refractivity contribution in [3.63, 3.8) is 0 Å². The average molecular weight is 205 g/mol. The van der Waals surface area contributed by atoms with Crippen molar-refractivity contribution in [2.75, 3.05) is 0 Å². The molecule has 0 saturated heterocycles. The summed E-state index contributed by atoms with van der Waals surface area (Å²) in [5, 5.41) is 3.47. The first kappa shape index (κ1) is 12.3. The Morgan fingerprint density at radius 3 is 2.33 bits per heavy atom. The van der Waals surface area contributed by atoms with E-state index in [1.165, 1.54) is 16.7 Å². The van der Waals surface area contributed by atoms with Gasteiger partial charge in [-0.2, -0.15) is 0 Å². The van der Waals surface area contributed by atoms with Gasteiger partial charge in [-0.3, -0.25) is 0 Å². The van der Waals surface area contributed by atoms with Crippen LogP contribution < -0.4 is 5.32 Å². The van der Waals surface area contributed by atoms with Crippen molar-refractivity contribution in [2.24, 2.45) is 0 Å². The SMILES string of the molecule is Cc1ccc(C(C)C)cc1CNC(C)C. The lowest BCUT2D eigenvalue weighted by atomic mass is 9.98. The summed E-state index contributed by atoms with van der Waals surface area (Å²) in [4.78, 5) is 0. The molecule has 0 amide bonds. The van der Waals surface area contributed by atoms with E-state index in [2.05, 4.69) is 58.1 Å². The minimum atomic E-state index is 0.548. The third-order valence-electron chi connectivity index (χ3n) is 2.74. The first-order valence-electron chi connectivity index (χ1n) is 5.83. The minimum Gasteiger partial charge on any atom is -0.310 e. The van der Waals surface area contributed by atoms with Gasteiger partial charge in [0.05, 0.1) is 0 Å². The topological polar surface area (TPSA) is 12.0 Å². The van der Waals surface area contributed by atoms with E-state index >= 15 is 0 Å². The highest BCUT2D eigenvalue weighted by atomic mass is 14.9. The van der Waals surface area contributed by atoms with Gasteiger partial charge < -0.3 is 5.32 Å². The highest BCUT2D eigenvalue weighted by molar-refractivity contribution is 5.32. The van der Waals surface area contributed by atoms with E-state index < -0.39 is 0 Å². The fourth-order valence-electron chi connectivity index (χ4n) is 1.56. The van der Waals surface area contributed by atoms with Gasteiger partial charge >= 0.3 is 0 Å². The standard InChI is InChI=1S/C14H23N/c1-10(2)13-7-6-12(5)14(8-13)9-15-11(3)4/h6-8,10-11,15H,9H2,1-5H3. The molecule has 1 nitrogen and oxygen atoms in total. The number of nitrogens with one attached hydrogen (secondary N) is 1. The summed E-state index contributed by atoms with van der Waals surface area (Å²) in [6, 6.07) is 7.34. The first-order valence-corrected chi connectivity index (χ1v) is 5.83. The zero-order valence-corrected chi connectivity index (χ0v) is 10.6. The normalized spacial score (nSPS) is 11.4. The molecule has 0 aliphatic rings. The first-order chi connectivity index (χ1) is 7.00. The van der Waals surface area contributed by atoms with E-state index in [9.17, 15) is 0 Å². The van der Waals surface area contributed by atoms with Crippen LogP contribution >= 0.6 is 0 Å². The fraction of sp³-hybridized carbons (Fsp3) is 0.571. The number of rotatable bonds is 4. The second-order valence-electron chi connectivity index (χ2n) is 4.88. The van der Waals surface area contributed by atoms with Crippen LogP contribution in [-0.2, 0) is 6.54 Å². The summed E-state index contributed by atoms with van der Waals surface area (Å²) in [6.07, 6.45) is 0. The predicted molar refractivity (Wildman–Crippen MR) is 67.2 cm³/mol. The van der Waals surface area contributed by atoms with Crippen molar-refractivity contribution in [1.82, 2.24) is 5.32 Å². The highest BCUT2D eigenvalue weighted by Gasteiger charge is 2.04. The molecule has 0 bridgehead atoms. The van der Waals surface area contributed by atoms with Gasteiger partial charge in [0.1, 0.15) is 0 Å². The molecule has 0 fully saturated rings. The Labute approximate surface area is 93.9 Å². The highest BCUT2D eigenvalue weighted by Crippen LogP contribution is 2.18. The number of aryl methyl sites for hydroxylation is 1. The zero-order chi connectivity index (χ0) is 11.4. The summed E-state index contributed by atoms with van der Waals surface area (Å²) in [5.41, 5.74) is 4.24. The van der Waals surface area contributed by atoms with Gasteiger partial charge in [0, 0.05) is 12.6 Å². The zero-order valence-electron chi connectivity index (χ0n) is 10.6. The Morgan fingerprint density at radius 2 is 1.80 bits per heavy atom. The summed E-state index contributed by atoms with van der Waals surface area (Å²) in [6.45, 7) is 12.0. The maximum Gasteiger partial charge on any atom is 0.0210 e. The monoisotopic (exact) mass is 205 g/mol. The summed E-state index contributed by atoms with van der Waals surface area (Å²) < 4.78 is 0. The van der Waals surface area contributed by atoms with E-state index in [-0.39, 0.29) is 0 Å². The van der Waals surface area contributed by atoms with Gasteiger partial charge in [-0.05, 0) is 29.5 Å². The van der Waals surface area contributed by atoms with Crippen LogP contribution in [0.5, 0.6) is 0 Å². The van der Waals surface area contributed by atoms with Crippen LogP contribution in [0.3, 0.4) is 0 Å². The molecular formula is C14H23N. The average Bonchev–Trinajstić information content (AvgIpc) is 2.16. The molecule has 84 valence electrons. The Morgan fingerprint density at radius 1 is 1.13 bits per heavy atom. The van der Waals surface area contributed by atoms with Crippen molar-refractivity contribution in [3.8, 4) is 0 Å². The lowest BCUT2D eigenvalue weighted by Gasteiger charge is -2.13. The molecule has 1 rings (SSSR count). The summed E-state index contributed by atoms with van der Waals surface area (Å²) in [5.74, 6) is 0.614. The van der Waals surface area contributed by atoms with Gasteiger partial charge in [-0.1, -0.05) is 45.9 Å². The number of hydrogen-bond donors (Lipinski definition) is 1. The van der Waals surface area contributed by atoms with Gasteiger partial charge in [0.15, 0.2) is 0 Å². The Bertz CT molecular complexity index is 313. The second kappa shape index (κ2) is 5.32. The van der Waals surface area contributed by atoms with Crippen molar-refractivity contribution in [1.29, 1.82) is 0 Å². The third kappa shape index (κ3) is 3.67. The van der Waals surface area contributed by atoms with Crippen LogP contribution in [0.1, 0.15) is 50.3 Å². The molecule has 1 aromatic carbocycles. The Balaban J connectivity index is 2.81. The van der Waals surface area contributed by atoms with E-state index in [1.807, 2.05) is 0 Å². The maximum absolute atomic E-state index is 3.47. The van der Waals surface area contributed by atoms with Gasteiger partial charge in [0.25, 0.3) is 0 Å². The van der Waals surface area contributed by atoms with Crippen LogP contribution in [0.2, 0.25) is 0 Å². The Hall–Kier alpha value is -0.820. The molecule has 0 radical (unpaired) electrons. The molecule has 1 N–H and O–H groups in total. The molecule has 0 heterocycles. The van der Waals surface area contributed by atoms with Crippen molar-refractivity contribution >= 4 is 0 Å². The lowest BCUT2D eigenvalue weighted by molar-refractivity contribution is 0.587. The molecule has 1 aromatic rings. The molecule has 1 heteroatoms. The third-order valence-corrected chi connectivity index (χ3v) is 2.74. The van der Waals surface area contributed by atoms with Crippen LogP contribution in [-0.4, -0.2) is 6.04 Å². The van der Waals surface area contributed by atoms with Crippen LogP contribution in [0.4, 0.5) is 0 Å². The number of benzene rings is 1. The van der Waals surface area contributed by atoms with E-state index in [1.54, 1.807) is 0 Å². The lowest BCUT2D eigenvalue weighted by Crippen LogP contribution is -2.22. The molecule has 0 atom stereocenters. The number of hydrogen-bond acceptors (Lipinski definition) is 1. The van der Waals surface area contributed by atoms with Crippen molar-refractivity contribution in [3.05, 3.63) is 34.9 Å². The van der Waals surface area contributed by atoms with Crippen LogP contribution in [0, 0.1) is 6.92 Å². The minimum absolute atomic E-state index is 0.548. The molecule has 0 aliphatic heterocycles. The molecule has 0 saturated carbocycles. The van der Waals surface area contributed by atoms with Gasteiger partial charge in [-0.15, -0.1) is 0 Å². The van der Waals surface area contributed by atoms with Crippen LogP contribution in [0.15, 0.2) is 18.2 Å². The fourth-order valence-corrected chi connectivity index (χ4v) is 1.56. The quantitative estimate of drug-likeness (QED) is 0.791. The van der Waals surface area contributed by atoms with Crippen LogP contribution in [0.25, 0.3) is 0 Å². The van der Waals surface area contributed by atoms with Gasteiger partial charge in [0.2, 0.25) is 0 Å². The molecule has 0 unspecified atom stereocenters. The van der Waals surface area contributed by atoms with E-state index in [4.69, 9.17) is 0 Å². The second-order valence-corrected chi connectivity index (χ2v) is 4.88. The summed E-state index contributed by atoms with van der Waals surface area (Å²) in [7, 11) is 0. The Kier molecular flexibility index (Phi) is 4.34. The molecular weight excluding hydrogens is 182 g/mol.